The molecule has 0 spiro atoms. The van der Waals surface area contributed by atoms with Crippen LogP contribution in [0.4, 0.5) is 11.4 Å². The topological polar surface area (TPSA) is 67.2 Å². The van der Waals surface area contributed by atoms with Gasteiger partial charge in [-0.15, -0.1) is 0 Å². The largest absolute Gasteiger partial charge is 0.389 e. The zero-order valence-corrected chi connectivity index (χ0v) is 15.4. The van der Waals surface area contributed by atoms with Crippen LogP contribution in [0, 0.1) is 0 Å². The van der Waals surface area contributed by atoms with Crippen molar-refractivity contribution in [3.63, 3.8) is 0 Å². The number of aliphatic hydroxyl groups excluding tert-OH is 1. The number of rotatable bonds is 5. The van der Waals surface area contributed by atoms with Gasteiger partial charge in [-0.05, 0) is 32.0 Å². The molecule has 26 heavy (non-hydrogen) atoms. The van der Waals surface area contributed by atoms with Gasteiger partial charge in [-0.3, -0.25) is 4.79 Å². The number of aryl methyl sites for hydroxylation is 1. The maximum absolute atomic E-state index is 12.9. The summed E-state index contributed by atoms with van der Waals surface area (Å²) in [5.74, 6) is 0. The lowest BCUT2D eigenvalue weighted by atomic mass is 10.0. The lowest BCUT2D eigenvalue weighted by Gasteiger charge is -2.19. The van der Waals surface area contributed by atoms with Crippen LogP contribution in [-0.2, 0) is 6.54 Å². The molecule has 1 atom stereocenters. The molecule has 3 rings (SSSR count). The summed E-state index contributed by atoms with van der Waals surface area (Å²) in [5.41, 5.74) is 2.56. The fourth-order valence-corrected chi connectivity index (χ4v) is 3.03. The molecule has 1 aromatic heterocycles. The van der Waals surface area contributed by atoms with E-state index in [2.05, 4.69) is 10.4 Å². The highest BCUT2D eigenvalue weighted by molar-refractivity contribution is 6.30. The minimum absolute atomic E-state index is 0.289. The summed E-state index contributed by atoms with van der Waals surface area (Å²) < 4.78 is 1.39. The van der Waals surface area contributed by atoms with Gasteiger partial charge in [0.2, 0.25) is 0 Å². The van der Waals surface area contributed by atoms with Crippen molar-refractivity contribution < 1.29 is 5.11 Å². The van der Waals surface area contributed by atoms with E-state index in [-0.39, 0.29) is 5.56 Å². The molecule has 2 N–H and O–H groups in total. The van der Waals surface area contributed by atoms with Crippen LogP contribution in [0.15, 0.2) is 59.4 Å². The highest BCUT2D eigenvalue weighted by atomic mass is 35.5. The maximum atomic E-state index is 12.9. The molecule has 0 amide bonds. The zero-order chi connectivity index (χ0) is 18.7. The summed E-state index contributed by atoms with van der Waals surface area (Å²) in [7, 11) is 0. The quantitative estimate of drug-likeness (QED) is 0.700. The molecule has 6 heteroatoms. The van der Waals surface area contributed by atoms with Gasteiger partial charge in [0, 0.05) is 28.4 Å². The molecule has 0 saturated heterocycles. The fraction of sp³-hybridized carbons (Fsp3) is 0.200. The summed E-state index contributed by atoms with van der Waals surface area (Å²) >= 11 is 6.05. The van der Waals surface area contributed by atoms with Crippen LogP contribution in [0.25, 0.3) is 11.3 Å². The van der Waals surface area contributed by atoms with Crippen LogP contribution in [0.2, 0.25) is 5.02 Å². The van der Waals surface area contributed by atoms with Gasteiger partial charge in [0.05, 0.1) is 11.8 Å². The van der Waals surface area contributed by atoms with Crippen LogP contribution in [0.5, 0.6) is 0 Å². The molecular weight excluding hydrogens is 350 g/mol. The number of nitrogens with one attached hydrogen (secondary N) is 1. The number of anilines is 2. The molecule has 134 valence electrons. The Morgan fingerprint density at radius 2 is 1.92 bits per heavy atom. The normalized spacial score (nSPS) is 12.0. The van der Waals surface area contributed by atoms with Crippen LogP contribution >= 0.6 is 11.6 Å². The maximum Gasteiger partial charge on any atom is 0.290 e. The Balaban J connectivity index is 2.26. The molecule has 0 saturated carbocycles. The molecule has 1 unspecified atom stereocenters. The van der Waals surface area contributed by atoms with Crippen molar-refractivity contribution in [1.29, 1.82) is 0 Å². The van der Waals surface area contributed by atoms with E-state index in [0.29, 0.717) is 34.2 Å². The molecule has 0 aliphatic rings. The molecule has 0 aliphatic carbocycles. The smallest absolute Gasteiger partial charge is 0.290 e. The minimum atomic E-state index is -0.876. The Morgan fingerprint density at radius 3 is 2.54 bits per heavy atom. The van der Waals surface area contributed by atoms with Crippen LogP contribution < -0.4 is 10.9 Å². The number of halogens is 1. The third-order valence-corrected chi connectivity index (χ3v) is 4.29. The van der Waals surface area contributed by atoms with Gasteiger partial charge in [-0.1, -0.05) is 48.0 Å². The van der Waals surface area contributed by atoms with Crippen molar-refractivity contribution in [2.24, 2.45) is 0 Å². The van der Waals surface area contributed by atoms with E-state index in [1.54, 1.807) is 25.1 Å². The van der Waals surface area contributed by atoms with E-state index < -0.39 is 6.10 Å². The molecular formula is C20H20ClN3O2. The number of nitrogens with zero attached hydrogens (tertiary/aromatic N) is 2. The van der Waals surface area contributed by atoms with Crippen molar-refractivity contribution >= 4 is 23.0 Å². The van der Waals surface area contributed by atoms with Gasteiger partial charge >= 0.3 is 0 Å². The second-order valence-corrected chi connectivity index (χ2v) is 6.37. The van der Waals surface area contributed by atoms with Gasteiger partial charge in [0.25, 0.3) is 5.56 Å². The van der Waals surface area contributed by atoms with E-state index in [1.165, 1.54) is 4.68 Å². The van der Waals surface area contributed by atoms with Crippen molar-refractivity contribution in [2.75, 3.05) is 5.32 Å². The van der Waals surface area contributed by atoms with Gasteiger partial charge in [0.15, 0.2) is 0 Å². The zero-order valence-electron chi connectivity index (χ0n) is 14.6. The molecule has 0 bridgehead atoms. The summed E-state index contributed by atoms with van der Waals surface area (Å²) in [4.78, 5) is 12.9. The van der Waals surface area contributed by atoms with E-state index in [1.807, 2.05) is 43.3 Å². The number of hydrogen-bond acceptors (Lipinski definition) is 4. The second kappa shape index (κ2) is 7.72. The average Bonchev–Trinajstić information content (AvgIpc) is 2.63. The first-order valence-corrected chi connectivity index (χ1v) is 8.80. The second-order valence-electron chi connectivity index (χ2n) is 5.94. The van der Waals surface area contributed by atoms with Gasteiger partial charge in [-0.25, -0.2) is 4.68 Å². The Bertz CT molecular complexity index is 969. The molecule has 0 fully saturated rings. The van der Waals surface area contributed by atoms with E-state index >= 15 is 0 Å². The van der Waals surface area contributed by atoms with Crippen molar-refractivity contribution in [3.05, 3.63) is 75.5 Å². The summed E-state index contributed by atoms with van der Waals surface area (Å²) in [6, 6.07) is 16.6. The highest BCUT2D eigenvalue weighted by Crippen LogP contribution is 2.32. The SMILES string of the molecule is CCn1nc(-c2ccccc2)c(C(C)O)c(Nc2cccc(Cl)c2)c1=O. The number of aliphatic hydroxyl groups is 1. The first-order valence-electron chi connectivity index (χ1n) is 8.42. The average molecular weight is 370 g/mol. The van der Waals surface area contributed by atoms with E-state index in [4.69, 9.17) is 11.6 Å². The fourth-order valence-electron chi connectivity index (χ4n) is 2.84. The van der Waals surface area contributed by atoms with Crippen molar-refractivity contribution in [1.82, 2.24) is 9.78 Å². The highest BCUT2D eigenvalue weighted by Gasteiger charge is 2.22. The van der Waals surface area contributed by atoms with Crippen molar-refractivity contribution in [3.8, 4) is 11.3 Å². The lowest BCUT2D eigenvalue weighted by Crippen LogP contribution is -2.27. The standard InChI is InChI=1S/C20H20ClN3O2/c1-3-24-20(26)19(22-16-11-7-10-15(21)12-16)17(13(2)25)18(23-24)14-8-5-4-6-9-14/h4-13,22,25H,3H2,1-2H3. The van der Waals surface area contributed by atoms with E-state index in [0.717, 1.165) is 5.56 Å². The van der Waals surface area contributed by atoms with E-state index in [9.17, 15) is 9.90 Å². The monoisotopic (exact) mass is 369 g/mol. The number of benzene rings is 2. The molecule has 5 nitrogen and oxygen atoms in total. The van der Waals surface area contributed by atoms with Gasteiger partial charge < -0.3 is 10.4 Å². The minimum Gasteiger partial charge on any atom is -0.389 e. The molecule has 2 aromatic carbocycles. The third-order valence-electron chi connectivity index (χ3n) is 4.05. The summed E-state index contributed by atoms with van der Waals surface area (Å²) in [5, 5.41) is 18.6. The van der Waals surface area contributed by atoms with Crippen LogP contribution in [0.1, 0.15) is 25.5 Å². The van der Waals surface area contributed by atoms with Crippen molar-refractivity contribution in [2.45, 2.75) is 26.5 Å². The molecule has 0 radical (unpaired) electrons. The Kier molecular flexibility index (Phi) is 5.40. The first kappa shape index (κ1) is 18.2. The summed E-state index contributed by atoms with van der Waals surface area (Å²) in [6.45, 7) is 3.90. The predicted molar refractivity (Wildman–Crippen MR) is 105 cm³/mol. The molecule has 0 aliphatic heterocycles. The molecule has 1 heterocycles. The first-order chi connectivity index (χ1) is 12.5. The van der Waals surface area contributed by atoms with Crippen LogP contribution in [0.3, 0.4) is 0 Å². The number of aromatic nitrogens is 2. The van der Waals surface area contributed by atoms with Gasteiger partial charge in [-0.2, -0.15) is 5.10 Å². The third kappa shape index (κ3) is 3.64. The molecule has 3 aromatic rings. The Hall–Kier alpha value is -2.63. The predicted octanol–water partition coefficient (Wildman–Crippen LogP) is 4.38. The summed E-state index contributed by atoms with van der Waals surface area (Å²) in [6.07, 6.45) is -0.876. The van der Waals surface area contributed by atoms with Gasteiger partial charge in [0.1, 0.15) is 5.69 Å². The Morgan fingerprint density at radius 1 is 1.19 bits per heavy atom. The Labute approximate surface area is 156 Å². The number of hydrogen-bond donors (Lipinski definition) is 2. The lowest BCUT2D eigenvalue weighted by molar-refractivity contribution is 0.199. The van der Waals surface area contributed by atoms with Crippen LogP contribution in [-0.4, -0.2) is 14.9 Å².